The second-order valence-electron chi connectivity index (χ2n) is 4.51. The maximum Gasteiger partial charge on any atom is 0.222 e. The Kier molecular flexibility index (Phi) is 6.12. The van der Waals surface area contributed by atoms with Crippen LogP contribution in [0.15, 0.2) is 28.7 Å². The summed E-state index contributed by atoms with van der Waals surface area (Å²) >= 11 is 3.40. The molecule has 0 aliphatic carbocycles. The van der Waals surface area contributed by atoms with Gasteiger partial charge in [0.1, 0.15) is 0 Å². The second kappa shape index (κ2) is 7.12. The van der Waals surface area contributed by atoms with Gasteiger partial charge in [-0.05, 0) is 30.5 Å². The highest BCUT2D eigenvalue weighted by atomic mass is 79.9. The van der Waals surface area contributed by atoms with Crippen LogP contribution in [-0.2, 0) is 11.2 Å². The smallest absolute Gasteiger partial charge is 0.222 e. The molecule has 1 amide bonds. The van der Waals surface area contributed by atoms with Crippen molar-refractivity contribution in [3.8, 4) is 0 Å². The lowest BCUT2D eigenvalue weighted by atomic mass is 10.1. The first-order chi connectivity index (χ1) is 8.15. The molecule has 0 saturated carbocycles. The van der Waals surface area contributed by atoms with Gasteiger partial charge in [0.25, 0.3) is 0 Å². The maximum absolute atomic E-state index is 11.9. The first-order valence-electron chi connectivity index (χ1n) is 5.93. The van der Waals surface area contributed by atoms with Crippen LogP contribution in [0.5, 0.6) is 0 Å². The van der Waals surface area contributed by atoms with Crippen molar-refractivity contribution < 1.29 is 4.79 Å². The predicted octanol–water partition coefficient (Wildman–Crippen LogP) is 2.36. The number of halogens is 2. The van der Waals surface area contributed by atoms with Crippen LogP contribution >= 0.6 is 28.3 Å². The van der Waals surface area contributed by atoms with E-state index in [0.717, 1.165) is 30.4 Å². The molecule has 1 fully saturated rings. The van der Waals surface area contributed by atoms with E-state index in [0.29, 0.717) is 6.42 Å². The summed E-state index contributed by atoms with van der Waals surface area (Å²) in [4.78, 5) is 13.8. The summed E-state index contributed by atoms with van der Waals surface area (Å²) in [7, 11) is 0. The monoisotopic (exact) mass is 332 g/mol. The maximum atomic E-state index is 11.9. The molecule has 0 spiro atoms. The molecule has 0 aromatic heterocycles. The Morgan fingerprint density at radius 3 is 2.61 bits per heavy atom. The van der Waals surface area contributed by atoms with Gasteiger partial charge in [0.15, 0.2) is 0 Å². The standard InChI is InChI=1S/C13H17BrN2O.ClH/c14-11-4-1-10(2-5-11)3-6-13(17)16-8-7-12(15)9-16;/h1-2,4-5,12H,3,6-9,15H2;1H. The number of hydrogen-bond acceptors (Lipinski definition) is 2. The molecule has 0 radical (unpaired) electrons. The minimum atomic E-state index is 0. The lowest BCUT2D eigenvalue weighted by Crippen LogP contribution is -2.31. The van der Waals surface area contributed by atoms with Crippen molar-refractivity contribution in [3.05, 3.63) is 34.3 Å². The van der Waals surface area contributed by atoms with Crippen LogP contribution in [0.4, 0.5) is 0 Å². The lowest BCUT2D eigenvalue weighted by Gasteiger charge is -2.15. The number of nitrogens with zero attached hydrogens (tertiary/aromatic N) is 1. The minimum Gasteiger partial charge on any atom is -0.341 e. The van der Waals surface area contributed by atoms with E-state index in [9.17, 15) is 4.79 Å². The fraction of sp³-hybridized carbons (Fsp3) is 0.462. The number of benzene rings is 1. The Morgan fingerprint density at radius 2 is 2.06 bits per heavy atom. The second-order valence-corrected chi connectivity index (χ2v) is 5.43. The van der Waals surface area contributed by atoms with Crippen LogP contribution < -0.4 is 5.73 Å². The quantitative estimate of drug-likeness (QED) is 0.923. The van der Waals surface area contributed by atoms with E-state index in [1.165, 1.54) is 5.56 Å². The molecule has 1 saturated heterocycles. The molecule has 1 aliphatic heterocycles. The SMILES string of the molecule is Cl.NC1CCN(C(=O)CCc2ccc(Br)cc2)C1. The van der Waals surface area contributed by atoms with E-state index in [2.05, 4.69) is 15.9 Å². The Labute approximate surface area is 122 Å². The van der Waals surface area contributed by atoms with Crippen molar-refractivity contribution in [2.45, 2.75) is 25.3 Å². The molecule has 2 N–H and O–H groups in total. The van der Waals surface area contributed by atoms with Crippen molar-refractivity contribution in [3.63, 3.8) is 0 Å². The van der Waals surface area contributed by atoms with Gasteiger partial charge in [-0.15, -0.1) is 12.4 Å². The summed E-state index contributed by atoms with van der Waals surface area (Å²) < 4.78 is 1.07. The van der Waals surface area contributed by atoms with Crippen LogP contribution in [-0.4, -0.2) is 29.9 Å². The van der Waals surface area contributed by atoms with Crippen LogP contribution in [0, 0.1) is 0 Å². The van der Waals surface area contributed by atoms with Crippen LogP contribution in [0.1, 0.15) is 18.4 Å². The van der Waals surface area contributed by atoms with E-state index < -0.39 is 0 Å². The number of aryl methyl sites for hydroxylation is 1. The van der Waals surface area contributed by atoms with Crippen LogP contribution in [0.3, 0.4) is 0 Å². The molecule has 1 aromatic carbocycles. The van der Waals surface area contributed by atoms with Crippen molar-refractivity contribution in [2.75, 3.05) is 13.1 Å². The van der Waals surface area contributed by atoms with Gasteiger partial charge >= 0.3 is 0 Å². The molecular weight excluding hydrogens is 316 g/mol. The van der Waals surface area contributed by atoms with E-state index in [4.69, 9.17) is 5.73 Å². The van der Waals surface area contributed by atoms with Crippen LogP contribution in [0.2, 0.25) is 0 Å². The summed E-state index contributed by atoms with van der Waals surface area (Å²) in [6.45, 7) is 1.54. The zero-order valence-corrected chi connectivity index (χ0v) is 12.5. The third-order valence-electron chi connectivity index (χ3n) is 3.12. The summed E-state index contributed by atoms with van der Waals surface area (Å²) in [5.41, 5.74) is 6.99. The molecule has 1 unspecified atom stereocenters. The molecule has 3 nitrogen and oxygen atoms in total. The Hall–Kier alpha value is -0.580. The third kappa shape index (κ3) is 4.26. The molecule has 1 aromatic rings. The molecule has 100 valence electrons. The summed E-state index contributed by atoms with van der Waals surface area (Å²) in [5, 5.41) is 0. The Balaban J connectivity index is 0.00000162. The van der Waals surface area contributed by atoms with Gasteiger partial charge in [-0.2, -0.15) is 0 Å². The average molecular weight is 334 g/mol. The van der Waals surface area contributed by atoms with Gasteiger partial charge in [-0.25, -0.2) is 0 Å². The average Bonchev–Trinajstić information content (AvgIpc) is 2.75. The normalized spacial score (nSPS) is 18.6. The minimum absolute atomic E-state index is 0. The Morgan fingerprint density at radius 1 is 1.39 bits per heavy atom. The summed E-state index contributed by atoms with van der Waals surface area (Å²) in [6.07, 6.45) is 2.32. The zero-order chi connectivity index (χ0) is 12.3. The topological polar surface area (TPSA) is 46.3 Å². The molecule has 2 rings (SSSR count). The number of likely N-dealkylation sites (tertiary alicyclic amines) is 1. The summed E-state index contributed by atoms with van der Waals surface area (Å²) in [6, 6.07) is 8.28. The molecule has 0 bridgehead atoms. The van der Waals surface area contributed by atoms with Crippen LogP contribution in [0.25, 0.3) is 0 Å². The van der Waals surface area contributed by atoms with Crippen molar-refractivity contribution >= 4 is 34.2 Å². The van der Waals surface area contributed by atoms with Gasteiger partial charge in [0, 0.05) is 30.0 Å². The van der Waals surface area contributed by atoms with Gasteiger partial charge in [-0.3, -0.25) is 4.79 Å². The molecule has 1 heterocycles. The number of nitrogens with two attached hydrogens (primary N) is 1. The van der Waals surface area contributed by atoms with Crippen molar-refractivity contribution in [1.29, 1.82) is 0 Å². The number of amides is 1. The highest BCUT2D eigenvalue weighted by Crippen LogP contribution is 2.14. The molecule has 1 atom stereocenters. The van der Waals surface area contributed by atoms with E-state index >= 15 is 0 Å². The molecule has 1 aliphatic rings. The van der Waals surface area contributed by atoms with E-state index in [1.54, 1.807) is 0 Å². The molecule has 5 heteroatoms. The van der Waals surface area contributed by atoms with Crippen molar-refractivity contribution in [2.24, 2.45) is 5.73 Å². The first kappa shape index (κ1) is 15.5. The lowest BCUT2D eigenvalue weighted by molar-refractivity contribution is -0.130. The number of carbonyl (C=O) groups is 1. The van der Waals surface area contributed by atoms with Gasteiger partial charge in [-0.1, -0.05) is 28.1 Å². The van der Waals surface area contributed by atoms with Crippen molar-refractivity contribution in [1.82, 2.24) is 4.90 Å². The van der Waals surface area contributed by atoms with E-state index in [1.807, 2.05) is 29.2 Å². The number of carbonyl (C=O) groups excluding carboxylic acids is 1. The third-order valence-corrected chi connectivity index (χ3v) is 3.65. The summed E-state index contributed by atoms with van der Waals surface area (Å²) in [5.74, 6) is 0.223. The fourth-order valence-corrected chi connectivity index (χ4v) is 2.34. The first-order valence-corrected chi connectivity index (χ1v) is 6.72. The largest absolute Gasteiger partial charge is 0.341 e. The van der Waals surface area contributed by atoms with Gasteiger partial charge in [0.2, 0.25) is 5.91 Å². The van der Waals surface area contributed by atoms with E-state index in [-0.39, 0.29) is 24.4 Å². The fourth-order valence-electron chi connectivity index (χ4n) is 2.07. The van der Waals surface area contributed by atoms with Gasteiger partial charge < -0.3 is 10.6 Å². The Bertz CT molecular complexity index is 396. The highest BCUT2D eigenvalue weighted by molar-refractivity contribution is 9.10. The number of rotatable bonds is 3. The molecular formula is C13H18BrClN2O. The predicted molar refractivity (Wildman–Crippen MR) is 78.9 cm³/mol. The van der Waals surface area contributed by atoms with Gasteiger partial charge in [0.05, 0.1) is 0 Å². The molecule has 18 heavy (non-hydrogen) atoms. The number of hydrogen-bond donors (Lipinski definition) is 1. The zero-order valence-electron chi connectivity index (χ0n) is 10.1. The highest BCUT2D eigenvalue weighted by Gasteiger charge is 2.22.